The van der Waals surface area contributed by atoms with Crippen molar-refractivity contribution in [3.05, 3.63) is 54.7 Å². The van der Waals surface area contributed by atoms with Gasteiger partial charge in [0.1, 0.15) is 5.75 Å². The number of methoxy groups -OCH3 is 1. The standard InChI is InChI=1S/C16H14N2O2/c1-19-14-8-12(7-13(17)9-14)16-18-10-15(20-16)11-5-3-2-4-6-11/h2-10H,17H2,1H3. The van der Waals surface area contributed by atoms with E-state index in [2.05, 4.69) is 4.98 Å². The number of hydrogen-bond acceptors (Lipinski definition) is 4. The first-order valence-electron chi connectivity index (χ1n) is 6.22. The summed E-state index contributed by atoms with van der Waals surface area (Å²) in [5, 5.41) is 0. The van der Waals surface area contributed by atoms with E-state index in [4.69, 9.17) is 14.9 Å². The molecule has 4 nitrogen and oxygen atoms in total. The van der Waals surface area contributed by atoms with E-state index in [1.165, 1.54) is 0 Å². The van der Waals surface area contributed by atoms with Crippen LogP contribution in [0.5, 0.6) is 5.75 Å². The smallest absolute Gasteiger partial charge is 0.226 e. The molecule has 0 fully saturated rings. The minimum Gasteiger partial charge on any atom is -0.497 e. The Hall–Kier alpha value is -2.75. The van der Waals surface area contributed by atoms with E-state index in [1.54, 1.807) is 19.4 Å². The Bertz CT molecular complexity index is 720. The fraction of sp³-hybridized carbons (Fsp3) is 0.0625. The summed E-state index contributed by atoms with van der Waals surface area (Å²) < 4.78 is 11.0. The zero-order valence-electron chi connectivity index (χ0n) is 11.0. The van der Waals surface area contributed by atoms with Crippen molar-refractivity contribution in [2.75, 3.05) is 12.8 Å². The lowest BCUT2D eigenvalue weighted by Crippen LogP contribution is -1.90. The number of nitrogens with two attached hydrogens (primary N) is 1. The molecule has 0 aliphatic carbocycles. The minimum atomic E-state index is 0.523. The molecule has 0 spiro atoms. The van der Waals surface area contributed by atoms with Crippen LogP contribution in [0.2, 0.25) is 0 Å². The normalized spacial score (nSPS) is 10.4. The number of nitrogen functional groups attached to an aromatic ring is 1. The van der Waals surface area contributed by atoms with Crippen LogP contribution < -0.4 is 10.5 Å². The number of hydrogen-bond donors (Lipinski definition) is 1. The second kappa shape index (κ2) is 5.09. The molecule has 1 aromatic heterocycles. The molecule has 0 atom stereocenters. The largest absolute Gasteiger partial charge is 0.497 e. The molecule has 0 aliphatic rings. The first-order chi connectivity index (χ1) is 9.76. The van der Waals surface area contributed by atoms with Crippen LogP contribution in [-0.4, -0.2) is 12.1 Å². The highest BCUT2D eigenvalue weighted by Gasteiger charge is 2.10. The van der Waals surface area contributed by atoms with Crippen molar-refractivity contribution in [1.29, 1.82) is 0 Å². The molecule has 0 radical (unpaired) electrons. The van der Waals surface area contributed by atoms with Crippen molar-refractivity contribution in [2.45, 2.75) is 0 Å². The maximum Gasteiger partial charge on any atom is 0.226 e. The highest BCUT2D eigenvalue weighted by molar-refractivity contribution is 5.66. The fourth-order valence-electron chi connectivity index (χ4n) is 2.01. The van der Waals surface area contributed by atoms with E-state index in [0.717, 1.165) is 16.9 Å². The number of nitrogens with zero attached hydrogens (tertiary/aromatic N) is 1. The van der Waals surface area contributed by atoms with Crippen LogP contribution in [0.4, 0.5) is 5.69 Å². The average molecular weight is 266 g/mol. The lowest BCUT2D eigenvalue weighted by Gasteiger charge is -2.03. The molecule has 0 saturated heterocycles. The minimum absolute atomic E-state index is 0.523. The summed E-state index contributed by atoms with van der Waals surface area (Å²) in [6.07, 6.45) is 1.71. The summed E-state index contributed by atoms with van der Waals surface area (Å²) in [6.45, 7) is 0. The highest BCUT2D eigenvalue weighted by Crippen LogP contribution is 2.29. The summed E-state index contributed by atoms with van der Waals surface area (Å²) in [4.78, 5) is 4.30. The predicted molar refractivity (Wildman–Crippen MR) is 78.3 cm³/mol. The Labute approximate surface area is 116 Å². The Morgan fingerprint density at radius 3 is 2.60 bits per heavy atom. The lowest BCUT2D eigenvalue weighted by molar-refractivity contribution is 0.415. The monoisotopic (exact) mass is 266 g/mol. The van der Waals surface area contributed by atoms with Gasteiger partial charge in [0, 0.05) is 22.9 Å². The molecule has 2 aromatic carbocycles. The summed E-state index contributed by atoms with van der Waals surface area (Å²) in [5.41, 5.74) is 8.23. The molecule has 3 rings (SSSR count). The van der Waals surface area contributed by atoms with Crippen molar-refractivity contribution in [2.24, 2.45) is 0 Å². The Morgan fingerprint density at radius 1 is 1.05 bits per heavy atom. The second-order valence-corrected chi connectivity index (χ2v) is 4.39. The van der Waals surface area contributed by atoms with E-state index in [0.29, 0.717) is 17.3 Å². The SMILES string of the molecule is COc1cc(N)cc(-c2ncc(-c3ccccc3)o2)c1. The molecular weight excluding hydrogens is 252 g/mol. The van der Waals surface area contributed by atoms with Gasteiger partial charge >= 0.3 is 0 Å². The maximum atomic E-state index is 5.84. The summed E-state index contributed by atoms with van der Waals surface area (Å²) >= 11 is 0. The van der Waals surface area contributed by atoms with Crippen LogP contribution >= 0.6 is 0 Å². The van der Waals surface area contributed by atoms with Gasteiger partial charge in [-0.25, -0.2) is 4.98 Å². The van der Waals surface area contributed by atoms with Crippen molar-refractivity contribution >= 4 is 5.69 Å². The predicted octanol–water partition coefficient (Wildman–Crippen LogP) is 3.60. The van der Waals surface area contributed by atoms with E-state index < -0.39 is 0 Å². The third kappa shape index (κ3) is 2.36. The van der Waals surface area contributed by atoms with Gasteiger partial charge in [-0.1, -0.05) is 30.3 Å². The quantitative estimate of drug-likeness (QED) is 0.736. The molecule has 100 valence electrons. The van der Waals surface area contributed by atoms with Gasteiger partial charge in [-0.2, -0.15) is 0 Å². The lowest BCUT2D eigenvalue weighted by atomic mass is 10.2. The average Bonchev–Trinajstić information content (AvgIpc) is 2.97. The molecule has 20 heavy (non-hydrogen) atoms. The molecule has 0 amide bonds. The molecular formula is C16H14N2O2. The molecule has 2 N–H and O–H groups in total. The van der Waals surface area contributed by atoms with Gasteiger partial charge in [0.15, 0.2) is 5.76 Å². The van der Waals surface area contributed by atoms with Gasteiger partial charge < -0.3 is 14.9 Å². The van der Waals surface area contributed by atoms with Gasteiger partial charge in [0.2, 0.25) is 5.89 Å². The van der Waals surface area contributed by atoms with E-state index in [9.17, 15) is 0 Å². The maximum absolute atomic E-state index is 5.84. The van der Waals surface area contributed by atoms with Crippen LogP contribution in [0.3, 0.4) is 0 Å². The van der Waals surface area contributed by atoms with Crippen molar-refractivity contribution in [3.8, 4) is 28.5 Å². The van der Waals surface area contributed by atoms with Gasteiger partial charge in [-0.05, 0) is 12.1 Å². The molecule has 1 heterocycles. The number of ether oxygens (including phenoxy) is 1. The van der Waals surface area contributed by atoms with E-state index in [-0.39, 0.29) is 0 Å². The zero-order valence-corrected chi connectivity index (χ0v) is 11.0. The first kappa shape index (κ1) is 12.3. The van der Waals surface area contributed by atoms with Gasteiger partial charge in [0.25, 0.3) is 0 Å². The van der Waals surface area contributed by atoms with Crippen LogP contribution in [0.25, 0.3) is 22.8 Å². The summed E-state index contributed by atoms with van der Waals surface area (Å²) in [7, 11) is 1.60. The van der Waals surface area contributed by atoms with E-state index in [1.807, 2.05) is 42.5 Å². The van der Waals surface area contributed by atoms with Crippen molar-refractivity contribution in [1.82, 2.24) is 4.98 Å². The topological polar surface area (TPSA) is 61.3 Å². The summed E-state index contributed by atoms with van der Waals surface area (Å²) in [5.74, 6) is 1.93. The van der Waals surface area contributed by atoms with Crippen molar-refractivity contribution in [3.63, 3.8) is 0 Å². The van der Waals surface area contributed by atoms with Gasteiger partial charge in [-0.15, -0.1) is 0 Å². The van der Waals surface area contributed by atoms with Crippen LogP contribution in [0.15, 0.2) is 59.1 Å². The van der Waals surface area contributed by atoms with Crippen molar-refractivity contribution < 1.29 is 9.15 Å². The zero-order chi connectivity index (χ0) is 13.9. The molecule has 3 aromatic rings. The molecule has 0 bridgehead atoms. The Kier molecular flexibility index (Phi) is 3.13. The number of aromatic nitrogens is 1. The number of oxazole rings is 1. The Balaban J connectivity index is 2.00. The molecule has 4 heteroatoms. The van der Waals surface area contributed by atoms with Gasteiger partial charge in [-0.3, -0.25) is 0 Å². The Morgan fingerprint density at radius 2 is 1.85 bits per heavy atom. The number of rotatable bonds is 3. The summed E-state index contributed by atoms with van der Waals surface area (Å²) in [6, 6.07) is 15.2. The third-order valence-electron chi connectivity index (χ3n) is 2.98. The van der Waals surface area contributed by atoms with E-state index >= 15 is 0 Å². The van der Waals surface area contributed by atoms with Gasteiger partial charge in [0.05, 0.1) is 13.3 Å². The highest BCUT2D eigenvalue weighted by atomic mass is 16.5. The third-order valence-corrected chi connectivity index (χ3v) is 2.98. The van der Waals surface area contributed by atoms with Crippen LogP contribution in [0.1, 0.15) is 0 Å². The molecule has 0 aliphatic heterocycles. The van der Waals surface area contributed by atoms with Crippen LogP contribution in [0, 0.1) is 0 Å². The molecule has 0 saturated carbocycles. The molecule has 0 unspecified atom stereocenters. The fourth-order valence-corrected chi connectivity index (χ4v) is 2.01. The number of benzene rings is 2. The number of anilines is 1. The second-order valence-electron chi connectivity index (χ2n) is 4.39. The van der Waals surface area contributed by atoms with Crippen LogP contribution in [-0.2, 0) is 0 Å². The first-order valence-corrected chi connectivity index (χ1v) is 6.22.